The quantitative estimate of drug-likeness (QED) is 0.419. The fraction of sp³-hybridized carbons (Fsp3) is 0.0909. The van der Waals surface area contributed by atoms with E-state index < -0.39 is 11.5 Å². The molecule has 0 aliphatic rings. The van der Waals surface area contributed by atoms with Crippen molar-refractivity contribution >= 4 is 33.3 Å². The molecule has 0 atom stereocenters. The van der Waals surface area contributed by atoms with Crippen molar-refractivity contribution < 1.29 is 9.21 Å². The van der Waals surface area contributed by atoms with Crippen molar-refractivity contribution in [3.8, 4) is 0 Å². The minimum atomic E-state index is -0.644. The maximum absolute atomic E-state index is 12.6. The summed E-state index contributed by atoms with van der Waals surface area (Å²) in [7, 11) is 0. The molecule has 4 rings (SSSR count). The molecule has 0 fully saturated rings. The van der Waals surface area contributed by atoms with Crippen molar-refractivity contribution in [3.63, 3.8) is 0 Å². The van der Waals surface area contributed by atoms with E-state index in [1.165, 1.54) is 0 Å². The smallest absolute Gasteiger partial charge is 0.349 e. The monoisotopic (exact) mass is 343 g/mol. The summed E-state index contributed by atoms with van der Waals surface area (Å²) in [5.41, 5.74) is 2.67. The molecule has 0 saturated heterocycles. The first-order valence-corrected chi connectivity index (χ1v) is 8.37. The molecule has 128 valence electrons. The Kier molecular flexibility index (Phi) is 3.81. The van der Waals surface area contributed by atoms with Crippen LogP contribution in [0, 0.1) is 13.8 Å². The van der Waals surface area contributed by atoms with Gasteiger partial charge in [-0.1, -0.05) is 36.4 Å². The lowest BCUT2D eigenvalue weighted by molar-refractivity contribution is 0.102. The van der Waals surface area contributed by atoms with Gasteiger partial charge >= 0.3 is 5.63 Å². The summed E-state index contributed by atoms with van der Waals surface area (Å²) in [6.07, 6.45) is 0. The summed E-state index contributed by atoms with van der Waals surface area (Å²) >= 11 is 0. The fourth-order valence-corrected chi connectivity index (χ4v) is 3.05. The molecule has 0 spiro atoms. The summed E-state index contributed by atoms with van der Waals surface area (Å²) < 4.78 is 5.39. The lowest BCUT2D eigenvalue weighted by atomic mass is 10.0. The molecule has 0 saturated carbocycles. The van der Waals surface area contributed by atoms with Crippen LogP contribution in [0.5, 0.6) is 0 Å². The third-order valence-corrected chi connectivity index (χ3v) is 4.65. The molecule has 0 unspecified atom stereocenters. The zero-order chi connectivity index (χ0) is 18.3. The highest BCUT2D eigenvalue weighted by Gasteiger charge is 2.15. The number of aryl methyl sites for hydroxylation is 2. The normalized spacial score (nSPS) is 11.0. The van der Waals surface area contributed by atoms with Gasteiger partial charge in [0.15, 0.2) is 0 Å². The number of benzene rings is 3. The third kappa shape index (κ3) is 2.75. The minimum absolute atomic E-state index is 0.00733. The van der Waals surface area contributed by atoms with E-state index in [-0.39, 0.29) is 5.56 Å². The van der Waals surface area contributed by atoms with Crippen molar-refractivity contribution in [2.24, 2.45) is 0 Å². The van der Waals surface area contributed by atoms with Crippen LogP contribution in [0.25, 0.3) is 21.7 Å². The first-order chi connectivity index (χ1) is 12.5. The number of rotatable bonds is 2. The van der Waals surface area contributed by atoms with Crippen LogP contribution in [-0.4, -0.2) is 5.91 Å². The number of hydrogen-bond acceptors (Lipinski definition) is 3. The molecule has 0 bridgehead atoms. The number of carbonyl (C=O) groups excluding carboxylic acids is 1. The summed E-state index contributed by atoms with van der Waals surface area (Å²) in [6.45, 7) is 3.98. The van der Waals surface area contributed by atoms with Crippen molar-refractivity contribution in [2.45, 2.75) is 13.8 Å². The lowest BCUT2D eigenvalue weighted by Crippen LogP contribution is -2.20. The largest absolute Gasteiger partial charge is 0.422 e. The van der Waals surface area contributed by atoms with Gasteiger partial charge in [-0.15, -0.1) is 0 Å². The third-order valence-electron chi connectivity index (χ3n) is 4.65. The molecule has 1 aromatic heterocycles. The molecule has 0 aliphatic carbocycles. The minimum Gasteiger partial charge on any atom is -0.422 e. The molecule has 1 amide bonds. The van der Waals surface area contributed by atoms with Gasteiger partial charge in [-0.3, -0.25) is 4.79 Å². The predicted molar refractivity (Wildman–Crippen MR) is 104 cm³/mol. The number of fused-ring (bicyclic) bond motifs is 3. The zero-order valence-corrected chi connectivity index (χ0v) is 14.5. The maximum Gasteiger partial charge on any atom is 0.349 e. The Labute approximate surface area is 150 Å². The second-order valence-electron chi connectivity index (χ2n) is 6.40. The molecule has 0 radical (unpaired) electrons. The van der Waals surface area contributed by atoms with Crippen molar-refractivity contribution in [1.29, 1.82) is 0 Å². The highest BCUT2D eigenvalue weighted by molar-refractivity contribution is 6.10. The van der Waals surface area contributed by atoms with Crippen molar-refractivity contribution in [1.82, 2.24) is 0 Å². The van der Waals surface area contributed by atoms with Crippen molar-refractivity contribution in [2.75, 3.05) is 5.32 Å². The van der Waals surface area contributed by atoms with Crippen molar-refractivity contribution in [3.05, 3.63) is 87.8 Å². The Hall–Kier alpha value is -3.40. The van der Waals surface area contributed by atoms with Crippen LogP contribution in [0.15, 0.2) is 69.9 Å². The van der Waals surface area contributed by atoms with Gasteiger partial charge < -0.3 is 9.73 Å². The van der Waals surface area contributed by atoms with Crippen LogP contribution < -0.4 is 10.9 Å². The Morgan fingerprint density at radius 1 is 0.885 bits per heavy atom. The topological polar surface area (TPSA) is 59.3 Å². The number of anilines is 1. The van der Waals surface area contributed by atoms with Gasteiger partial charge in [0.2, 0.25) is 0 Å². The first kappa shape index (κ1) is 16.1. The molecule has 1 heterocycles. The number of carbonyl (C=O) groups is 1. The number of amides is 1. The molecule has 3 aromatic carbocycles. The second kappa shape index (κ2) is 6.15. The van der Waals surface area contributed by atoms with E-state index in [2.05, 4.69) is 5.32 Å². The van der Waals surface area contributed by atoms with Gasteiger partial charge in [-0.25, -0.2) is 4.79 Å². The standard InChI is InChI=1S/C22H17NO3/c1-13-7-9-16(11-14(13)2)23-21(24)19-12-18-17-6-4-3-5-15(17)8-10-20(18)26-22(19)25/h3-12H,1-2H3,(H,23,24). The molecular weight excluding hydrogens is 326 g/mol. The van der Waals surface area contributed by atoms with Crippen LogP contribution in [0.4, 0.5) is 5.69 Å². The molecule has 4 nitrogen and oxygen atoms in total. The van der Waals surface area contributed by atoms with E-state index in [0.29, 0.717) is 11.3 Å². The van der Waals surface area contributed by atoms with E-state index in [9.17, 15) is 9.59 Å². The highest BCUT2D eigenvalue weighted by Crippen LogP contribution is 2.25. The molecule has 4 heteroatoms. The fourth-order valence-electron chi connectivity index (χ4n) is 3.05. The van der Waals surface area contributed by atoms with Crippen LogP contribution in [0.2, 0.25) is 0 Å². The Balaban J connectivity index is 1.81. The Bertz CT molecular complexity index is 1220. The zero-order valence-electron chi connectivity index (χ0n) is 14.5. The molecule has 4 aromatic rings. The van der Waals surface area contributed by atoms with Gasteiger partial charge in [-0.2, -0.15) is 0 Å². The number of nitrogens with one attached hydrogen (secondary N) is 1. The highest BCUT2D eigenvalue weighted by atomic mass is 16.4. The average Bonchev–Trinajstić information content (AvgIpc) is 2.64. The predicted octanol–water partition coefficient (Wildman–Crippen LogP) is 4.82. The Morgan fingerprint density at radius 2 is 1.69 bits per heavy atom. The van der Waals surface area contributed by atoms with Gasteiger partial charge in [0.1, 0.15) is 11.1 Å². The van der Waals surface area contributed by atoms with Gasteiger partial charge in [0, 0.05) is 11.1 Å². The van der Waals surface area contributed by atoms with E-state index in [0.717, 1.165) is 27.3 Å². The summed E-state index contributed by atoms with van der Waals surface area (Å²) in [4.78, 5) is 24.9. The first-order valence-electron chi connectivity index (χ1n) is 8.37. The van der Waals surface area contributed by atoms with Gasteiger partial charge in [0.05, 0.1) is 0 Å². The Morgan fingerprint density at radius 3 is 2.50 bits per heavy atom. The number of hydrogen-bond donors (Lipinski definition) is 1. The molecule has 1 N–H and O–H groups in total. The summed E-state index contributed by atoms with van der Waals surface area (Å²) in [5, 5.41) is 5.49. The van der Waals surface area contributed by atoms with Crippen LogP contribution in [0.1, 0.15) is 21.5 Å². The lowest BCUT2D eigenvalue weighted by Gasteiger charge is -2.08. The molecular formula is C22H17NO3. The van der Waals surface area contributed by atoms with Gasteiger partial charge in [-0.05, 0) is 60.0 Å². The van der Waals surface area contributed by atoms with E-state index in [1.807, 2.05) is 62.4 Å². The average molecular weight is 343 g/mol. The summed E-state index contributed by atoms with van der Waals surface area (Å²) in [6, 6.07) is 18.7. The SMILES string of the molecule is Cc1ccc(NC(=O)c2cc3c(ccc4ccccc43)oc2=O)cc1C. The molecule has 0 aliphatic heterocycles. The molecule has 26 heavy (non-hydrogen) atoms. The van der Waals surface area contributed by atoms with E-state index in [4.69, 9.17) is 4.42 Å². The van der Waals surface area contributed by atoms with Gasteiger partial charge in [0.25, 0.3) is 5.91 Å². The van der Waals surface area contributed by atoms with Crippen LogP contribution >= 0.6 is 0 Å². The second-order valence-corrected chi connectivity index (χ2v) is 6.40. The van der Waals surface area contributed by atoms with Crippen LogP contribution in [-0.2, 0) is 0 Å². The summed E-state index contributed by atoms with van der Waals surface area (Å²) in [5.74, 6) is -0.475. The van der Waals surface area contributed by atoms with E-state index >= 15 is 0 Å². The maximum atomic E-state index is 12.6. The van der Waals surface area contributed by atoms with E-state index in [1.54, 1.807) is 12.1 Å². The van der Waals surface area contributed by atoms with Crippen LogP contribution in [0.3, 0.4) is 0 Å².